The van der Waals surface area contributed by atoms with E-state index < -0.39 is 4.92 Å². The van der Waals surface area contributed by atoms with Crippen molar-refractivity contribution >= 4 is 35.6 Å². The number of nitro groups is 1. The molecule has 1 saturated heterocycles. The zero-order chi connectivity index (χ0) is 20.5. The number of non-ortho nitro benzene ring substituents is 1. The van der Waals surface area contributed by atoms with Crippen molar-refractivity contribution in [1.82, 2.24) is 15.5 Å². The van der Waals surface area contributed by atoms with Crippen molar-refractivity contribution in [2.75, 3.05) is 26.2 Å². The number of nitrogens with one attached hydrogen (secondary N) is 2. The summed E-state index contributed by atoms with van der Waals surface area (Å²) in [5, 5.41) is 17.6. The molecule has 1 aliphatic rings. The van der Waals surface area contributed by atoms with Crippen molar-refractivity contribution in [2.24, 2.45) is 4.99 Å². The second-order valence-electron chi connectivity index (χ2n) is 7.17. The number of aliphatic imine (C=N–C) groups is 1. The lowest BCUT2D eigenvalue weighted by atomic mass is 10.2. The van der Waals surface area contributed by atoms with E-state index in [1.54, 1.807) is 18.4 Å². The summed E-state index contributed by atoms with van der Waals surface area (Å²) in [5.74, 6) is 1.70. The van der Waals surface area contributed by atoms with Crippen LogP contribution in [0.5, 0.6) is 0 Å². The molecule has 8 nitrogen and oxygen atoms in total. The van der Waals surface area contributed by atoms with E-state index in [-0.39, 0.29) is 35.7 Å². The van der Waals surface area contributed by atoms with Gasteiger partial charge in [-0.2, -0.15) is 0 Å². The van der Waals surface area contributed by atoms with Crippen LogP contribution in [0.1, 0.15) is 43.6 Å². The molecule has 1 aliphatic heterocycles. The maximum atomic E-state index is 10.8. The second kappa shape index (κ2) is 12.5. The molecule has 2 heterocycles. The Morgan fingerprint density at radius 1 is 1.23 bits per heavy atom. The Balaban J connectivity index is 0.00000320. The number of rotatable bonds is 9. The number of halogens is 1. The standard InChI is InChI=1S/C21H29N5O3.HI/c1-2-11-22-21(23-15-17-7-9-18(10-8-17)26(27)28)24-16-19(20-6-5-14-29-20)25-12-3-4-13-25;/h5-10,14,19H,2-4,11-13,15-16H2,1H3,(H2,22,23,24);1H. The summed E-state index contributed by atoms with van der Waals surface area (Å²) >= 11 is 0. The van der Waals surface area contributed by atoms with Crippen LogP contribution in [0.15, 0.2) is 52.1 Å². The minimum atomic E-state index is -0.393. The highest BCUT2D eigenvalue weighted by molar-refractivity contribution is 14.0. The highest BCUT2D eigenvalue weighted by Crippen LogP contribution is 2.24. The largest absolute Gasteiger partial charge is 0.468 e. The molecule has 1 aromatic heterocycles. The molecule has 1 atom stereocenters. The van der Waals surface area contributed by atoms with Gasteiger partial charge in [0.15, 0.2) is 5.96 Å². The van der Waals surface area contributed by atoms with Crippen molar-refractivity contribution in [2.45, 2.75) is 38.8 Å². The highest BCUT2D eigenvalue weighted by Gasteiger charge is 2.25. The molecule has 3 rings (SSSR count). The fourth-order valence-corrected chi connectivity index (χ4v) is 3.45. The molecule has 2 aromatic rings. The number of nitrogens with zero attached hydrogens (tertiary/aromatic N) is 3. The first-order valence-corrected chi connectivity index (χ1v) is 10.2. The maximum absolute atomic E-state index is 10.8. The fourth-order valence-electron chi connectivity index (χ4n) is 3.45. The van der Waals surface area contributed by atoms with Crippen LogP contribution >= 0.6 is 24.0 Å². The van der Waals surface area contributed by atoms with Crippen LogP contribution in [0.2, 0.25) is 0 Å². The van der Waals surface area contributed by atoms with Gasteiger partial charge < -0.3 is 15.1 Å². The third kappa shape index (κ3) is 6.98. The molecule has 9 heteroatoms. The Morgan fingerprint density at radius 2 is 1.97 bits per heavy atom. The van der Waals surface area contributed by atoms with E-state index in [4.69, 9.17) is 4.42 Å². The van der Waals surface area contributed by atoms with E-state index in [1.807, 2.05) is 12.1 Å². The number of guanidine groups is 1. The molecule has 0 radical (unpaired) electrons. The summed E-state index contributed by atoms with van der Waals surface area (Å²) in [6, 6.07) is 10.6. The number of hydrogen-bond donors (Lipinski definition) is 2. The van der Waals surface area contributed by atoms with E-state index in [0.29, 0.717) is 13.1 Å². The first kappa shape index (κ1) is 24.1. The zero-order valence-electron chi connectivity index (χ0n) is 17.3. The van der Waals surface area contributed by atoms with Crippen molar-refractivity contribution < 1.29 is 9.34 Å². The van der Waals surface area contributed by atoms with Crippen LogP contribution in [-0.4, -0.2) is 42.0 Å². The van der Waals surface area contributed by atoms with Gasteiger partial charge in [0.25, 0.3) is 5.69 Å². The molecule has 0 saturated carbocycles. The molecule has 1 aromatic carbocycles. The molecule has 0 amide bonds. The number of nitro benzene ring substituents is 1. The summed E-state index contributed by atoms with van der Waals surface area (Å²) in [5.41, 5.74) is 1.02. The molecular formula is C21H30IN5O3. The predicted octanol–water partition coefficient (Wildman–Crippen LogP) is 4.09. The molecule has 0 aliphatic carbocycles. The van der Waals surface area contributed by atoms with Crippen LogP contribution in [0.3, 0.4) is 0 Å². The normalized spacial score (nSPS) is 15.4. The summed E-state index contributed by atoms with van der Waals surface area (Å²) in [4.78, 5) is 17.5. The zero-order valence-corrected chi connectivity index (χ0v) is 19.6. The molecule has 1 fully saturated rings. The number of hydrogen-bond acceptors (Lipinski definition) is 5. The van der Waals surface area contributed by atoms with Crippen LogP contribution in [0.25, 0.3) is 0 Å². The summed E-state index contributed by atoms with van der Waals surface area (Å²) in [7, 11) is 0. The van der Waals surface area contributed by atoms with E-state index in [0.717, 1.165) is 43.3 Å². The Kier molecular flexibility index (Phi) is 10.1. The highest BCUT2D eigenvalue weighted by atomic mass is 127. The predicted molar refractivity (Wildman–Crippen MR) is 128 cm³/mol. The number of furan rings is 1. The molecule has 1 unspecified atom stereocenters. The Bertz CT molecular complexity index is 789. The van der Waals surface area contributed by atoms with Crippen LogP contribution in [0.4, 0.5) is 5.69 Å². The van der Waals surface area contributed by atoms with Crippen LogP contribution in [0, 0.1) is 10.1 Å². The fraction of sp³-hybridized carbons (Fsp3) is 0.476. The van der Waals surface area contributed by atoms with Gasteiger partial charge in [0.05, 0.1) is 23.8 Å². The van der Waals surface area contributed by atoms with Crippen LogP contribution in [-0.2, 0) is 6.54 Å². The van der Waals surface area contributed by atoms with Gasteiger partial charge in [-0.1, -0.05) is 19.1 Å². The quantitative estimate of drug-likeness (QED) is 0.168. The van der Waals surface area contributed by atoms with E-state index in [9.17, 15) is 10.1 Å². The first-order chi connectivity index (χ1) is 14.2. The second-order valence-corrected chi connectivity index (χ2v) is 7.17. The Hall–Kier alpha value is -2.14. The van der Waals surface area contributed by atoms with Gasteiger partial charge in [-0.15, -0.1) is 24.0 Å². The van der Waals surface area contributed by atoms with Gasteiger partial charge >= 0.3 is 0 Å². The topological polar surface area (TPSA) is 95.9 Å². The summed E-state index contributed by atoms with van der Waals surface area (Å²) in [6.45, 7) is 6.23. The van der Waals surface area contributed by atoms with Gasteiger partial charge in [0.2, 0.25) is 0 Å². The van der Waals surface area contributed by atoms with Gasteiger partial charge in [-0.05, 0) is 50.0 Å². The minimum Gasteiger partial charge on any atom is -0.468 e. The smallest absolute Gasteiger partial charge is 0.269 e. The lowest BCUT2D eigenvalue weighted by molar-refractivity contribution is -0.384. The SMILES string of the molecule is CCCNC(=NCc1ccc([N+](=O)[O-])cc1)NCC(c1ccco1)N1CCCC1.I. The van der Waals surface area contributed by atoms with E-state index in [1.165, 1.54) is 25.0 Å². The molecular weight excluding hydrogens is 497 g/mol. The van der Waals surface area contributed by atoms with Gasteiger partial charge in [0.1, 0.15) is 5.76 Å². The van der Waals surface area contributed by atoms with Crippen molar-refractivity contribution in [3.05, 3.63) is 64.1 Å². The lowest BCUT2D eigenvalue weighted by Gasteiger charge is -2.26. The van der Waals surface area contributed by atoms with Crippen molar-refractivity contribution in [1.29, 1.82) is 0 Å². The molecule has 30 heavy (non-hydrogen) atoms. The third-order valence-corrected chi connectivity index (χ3v) is 5.03. The minimum absolute atomic E-state index is 0. The average Bonchev–Trinajstić information content (AvgIpc) is 3.44. The summed E-state index contributed by atoms with van der Waals surface area (Å²) in [6.07, 6.45) is 5.14. The third-order valence-electron chi connectivity index (χ3n) is 5.03. The van der Waals surface area contributed by atoms with Gasteiger partial charge in [0, 0.05) is 25.2 Å². The molecule has 164 valence electrons. The van der Waals surface area contributed by atoms with Crippen molar-refractivity contribution in [3.63, 3.8) is 0 Å². The Labute approximate surface area is 194 Å². The average molecular weight is 527 g/mol. The first-order valence-electron chi connectivity index (χ1n) is 10.2. The van der Waals surface area contributed by atoms with Crippen LogP contribution < -0.4 is 10.6 Å². The van der Waals surface area contributed by atoms with E-state index >= 15 is 0 Å². The van der Waals surface area contributed by atoms with Gasteiger partial charge in [-0.25, -0.2) is 4.99 Å². The monoisotopic (exact) mass is 527 g/mol. The van der Waals surface area contributed by atoms with Crippen molar-refractivity contribution in [3.8, 4) is 0 Å². The van der Waals surface area contributed by atoms with Gasteiger partial charge in [-0.3, -0.25) is 15.0 Å². The summed E-state index contributed by atoms with van der Waals surface area (Å²) < 4.78 is 5.68. The molecule has 2 N–H and O–H groups in total. The number of likely N-dealkylation sites (tertiary alicyclic amines) is 1. The number of benzene rings is 1. The molecule has 0 bridgehead atoms. The van der Waals surface area contributed by atoms with E-state index in [2.05, 4.69) is 27.4 Å². The molecule has 0 spiro atoms. The Morgan fingerprint density at radius 3 is 2.57 bits per heavy atom. The lowest BCUT2D eigenvalue weighted by Crippen LogP contribution is -2.43. The maximum Gasteiger partial charge on any atom is 0.269 e.